The quantitative estimate of drug-likeness (QED) is 0.628. The summed E-state index contributed by atoms with van der Waals surface area (Å²) < 4.78 is 10.6. The number of hydrogen-bond acceptors (Lipinski definition) is 3. The molecule has 2 atom stereocenters. The lowest BCUT2D eigenvalue weighted by atomic mass is 10.1. The zero-order valence-electron chi connectivity index (χ0n) is 14.5. The third kappa shape index (κ3) is 4.17. The normalized spacial score (nSPS) is 19.3. The van der Waals surface area contributed by atoms with Crippen LogP contribution in [0.15, 0.2) is 47.5 Å². The molecular weight excluding hydrogens is 338 g/mol. The number of aliphatic imine (C=N–C) groups is 1. The van der Waals surface area contributed by atoms with Gasteiger partial charge in [0.15, 0.2) is 17.5 Å². The van der Waals surface area contributed by atoms with Crippen molar-refractivity contribution in [3.8, 4) is 11.5 Å². The van der Waals surface area contributed by atoms with Crippen molar-refractivity contribution in [1.29, 1.82) is 0 Å². The van der Waals surface area contributed by atoms with Gasteiger partial charge >= 0.3 is 0 Å². The molecular formula is C19H22ClN3O2. The van der Waals surface area contributed by atoms with E-state index in [9.17, 15) is 0 Å². The average molecular weight is 360 g/mol. The van der Waals surface area contributed by atoms with Crippen molar-refractivity contribution in [2.24, 2.45) is 4.99 Å². The highest BCUT2D eigenvalue weighted by Gasteiger charge is 2.39. The second-order valence-corrected chi connectivity index (χ2v) is 6.35. The highest BCUT2D eigenvalue weighted by molar-refractivity contribution is 6.30. The van der Waals surface area contributed by atoms with Crippen molar-refractivity contribution in [2.45, 2.75) is 18.4 Å². The lowest BCUT2D eigenvalue weighted by molar-refractivity contribution is 0.355. The van der Waals surface area contributed by atoms with Gasteiger partial charge in [-0.05, 0) is 36.2 Å². The standard InChI is InChI=1S/C19H22ClN3O2/c1-21-19(22-14-7-8-17(24-2)18(10-14)25-3)23-16-11-15(16)12-5-4-6-13(20)9-12/h4-10,15-16H,11H2,1-3H3,(H2,21,22,23). The molecule has 0 aromatic heterocycles. The van der Waals surface area contributed by atoms with Crippen molar-refractivity contribution in [3.63, 3.8) is 0 Å². The van der Waals surface area contributed by atoms with E-state index in [2.05, 4.69) is 21.7 Å². The fourth-order valence-electron chi connectivity index (χ4n) is 2.84. The minimum Gasteiger partial charge on any atom is -0.493 e. The summed E-state index contributed by atoms with van der Waals surface area (Å²) in [5.41, 5.74) is 2.14. The number of ether oxygens (including phenoxy) is 2. The van der Waals surface area contributed by atoms with Crippen LogP contribution in [0, 0.1) is 0 Å². The zero-order valence-corrected chi connectivity index (χ0v) is 15.3. The van der Waals surface area contributed by atoms with E-state index in [1.165, 1.54) is 5.56 Å². The van der Waals surface area contributed by atoms with Crippen LogP contribution in [0.2, 0.25) is 5.02 Å². The number of methoxy groups -OCH3 is 2. The van der Waals surface area contributed by atoms with Gasteiger partial charge in [0.05, 0.1) is 14.2 Å². The molecule has 0 radical (unpaired) electrons. The second-order valence-electron chi connectivity index (χ2n) is 5.92. The molecule has 132 valence electrons. The van der Waals surface area contributed by atoms with Crippen LogP contribution in [-0.2, 0) is 0 Å². The molecule has 2 aromatic carbocycles. The van der Waals surface area contributed by atoms with E-state index in [4.69, 9.17) is 21.1 Å². The van der Waals surface area contributed by atoms with Crippen molar-refractivity contribution in [1.82, 2.24) is 5.32 Å². The van der Waals surface area contributed by atoms with Gasteiger partial charge in [0.25, 0.3) is 0 Å². The van der Waals surface area contributed by atoms with Crippen LogP contribution in [-0.4, -0.2) is 33.3 Å². The predicted molar refractivity (Wildman–Crippen MR) is 102 cm³/mol. The second kappa shape index (κ2) is 7.66. The average Bonchev–Trinajstić information content (AvgIpc) is 3.40. The summed E-state index contributed by atoms with van der Waals surface area (Å²) in [4.78, 5) is 4.30. The van der Waals surface area contributed by atoms with Gasteiger partial charge in [-0.3, -0.25) is 4.99 Å². The fraction of sp³-hybridized carbons (Fsp3) is 0.316. The first-order valence-corrected chi connectivity index (χ1v) is 8.50. The van der Waals surface area contributed by atoms with E-state index in [-0.39, 0.29) is 0 Å². The molecule has 2 unspecified atom stereocenters. The number of hydrogen-bond donors (Lipinski definition) is 2. The van der Waals surface area contributed by atoms with Crippen molar-refractivity contribution in [2.75, 3.05) is 26.6 Å². The number of halogens is 1. The molecule has 1 fully saturated rings. The van der Waals surface area contributed by atoms with Crippen LogP contribution < -0.4 is 20.1 Å². The first kappa shape index (κ1) is 17.4. The topological polar surface area (TPSA) is 54.9 Å². The summed E-state index contributed by atoms with van der Waals surface area (Å²) in [7, 11) is 5.00. The van der Waals surface area contributed by atoms with Crippen LogP contribution in [0.1, 0.15) is 17.9 Å². The molecule has 1 aliphatic carbocycles. The van der Waals surface area contributed by atoms with Crippen LogP contribution >= 0.6 is 11.6 Å². The van der Waals surface area contributed by atoms with Crippen LogP contribution in [0.3, 0.4) is 0 Å². The number of guanidine groups is 1. The van der Waals surface area contributed by atoms with Crippen molar-refractivity contribution in [3.05, 3.63) is 53.1 Å². The first-order valence-electron chi connectivity index (χ1n) is 8.12. The van der Waals surface area contributed by atoms with Gasteiger partial charge in [-0.25, -0.2) is 0 Å². The minimum atomic E-state index is 0.352. The summed E-state index contributed by atoms with van der Waals surface area (Å²) >= 11 is 6.08. The fourth-order valence-corrected chi connectivity index (χ4v) is 3.04. The van der Waals surface area contributed by atoms with Gasteiger partial charge < -0.3 is 20.1 Å². The molecule has 2 N–H and O–H groups in total. The maximum Gasteiger partial charge on any atom is 0.195 e. The third-order valence-electron chi connectivity index (χ3n) is 4.26. The Morgan fingerprint density at radius 3 is 2.60 bits per heavy atom. The summed E-state index contributed by atoms with van der Waals surface area (Å²) in [6, 6.07) is 14.0. The molecule has 0 spiro atoms. The largest absolute Gasteiger partial charge is 0.493 e. The van der Waals surface area contributed by atoms with E-state index < -0.39 is 0 Å². The Kier molecular flexibility index (Phi) is 5.34. The first-order chi connectivity index (χ1) is 12.1. The molecule has 2 aromatic rings. The van der Waals surface area contributed by atoms with Gasteiger partial charge in [-0.2, -0.15) is 0 Å². The maximum atomic E-state index is 6.08. The number of nitrogens with zero attached hydrogens (tertiary/aromatic N) is 1. The molecule has 3 rings (SSSR count). The van der Waals surface area contributed by atoms with E-state index in [0.29, 0.717) is 23.5 Å². The molecule has 1 saturated carbocycles. The van der Waals surface area contributed by atoms with Crippen LogP contribution in [0.5, 0.6) is 11.5 Å². The monoisotopic (exact) mass is 359 g/mol. The molecule has 0 bridgehead atoms. The van der Waals surface area contributed by atoms with E-state index in [1.807, 2.05) is 36.4 Å². The highest BCUT2D eigenvalue weighted by Crippen LogP contribution is 2.41. The Balaban J connectivity index is 1.63. The zero-order chi connectivity index (χ0) is 17.8. The van der Waals surface area contributed by atoms with E-state index in [0.717, 1.165) is 23.1 Å². The van der Waals surface area contributed by atoms with Crippen molar-refractivity contribution < 1.29 is 9.47 Å². The molecule has 5 nitrogen and oxygen atoms in total. The Morgan fingerprint density at radius 1 is 1.12 bits per heavy atom. The minimum absolute atomic E-state index is 0.352. The molecule has 1 aliphatic rings. The lowest BCUT2D eigenvalue weighted by Gasteiger charge is -2.14. The molecule has 0 saturated heterocycles. The summed E-state index contributed by atoms with van der Waals surface area (Å²) in [5.74, 6) is 2.55. The highest BCUT2D eigenvalue weighted by atomic mass is 35.5. The number of anilines is 1. The predicted octanol–water partition coefficient (Wildman–Crippen LogP) is 3.90. The number of rotatable bonds is 5. The van der Waals surface area contributed by atoms with Gasteiger partial charge in [0, 0.05) is 35.8 Å². The van der Waals surface area contributed by atoms with Crippen molar-refractivity contribution >= 4 is 23.2 Å². The molecule has 6 heteroatoms. The van der Waals surface area contributed by atoms with Crippen LogP contribution in [0.4, 0.5) is 5.69 Å². The lowest BCUT2D eigenvalue weighted by Crippen LogP contribution is -2.33. The molecule has 0 amide bonds. The number of benzene rings is 2. The summed E-state index contributed by atoms with van der Waals surface area (Å²) in [5, 5.41) is 7.51. The van der Waals surface area contributed by atoms with E-state index in [1.54, 1.807) is 21.3 Å². The molecule has 25 heavy (non-hydrogen) atoms. The Hall–Kier alpha value is -2.40. The van der Waals surface area contributed by atoms with Gasteiger partial charge in [-0.1, -0.05) is 23.7 Å². The van der Waals surface area contributed by atoms with Crippen LogP contribution in [0.25, 0.3) is 0 Å². The summed E-state index contributed by atoms with van der Waals surface area (Å²) in [6.45, 7) is 0. The Labute approximate surface area is 153 Å². The number of nitrogens with one attached hydrogen (secondary N) is 2. The third-order valence-corrected chi connectivity index (χ3v) is 4.49. The van der Waals surface area contributed by atoms with Gasteiger partial charge in [0.1, 0.15) is 0 Å². The van der Waals surface area contributed by atoms with Gasteiger partial charge in [0.2, 0.25) is 0 Å². The Morgan fingerprint density at radius 2 is 1.92 bits per heavy atom. The summed E-state index contributed by atoms with van der Waals surface area (Å²) in [6.07, 6.45) is 1.06. The molecule has 0 heterocycles. The SMILES string of the molecule is CN=C(Nc1ccc(OC)c(OC)c1)NC1CC1c1cccc(Cl)c1. The molecule has 0 aliphatic heterocycles. The Bertz CT molecular complexity index is 779. The smallest absolute Gasteiger partial charge is 0.195 e. The van der Waals surface area contributed by atoms with E-state index >= 15 is 0 Å². The van der Waals surface area contributed by atoms with Gasteiger partial charge in [-0.15, -0.1) is 0 Å². The maximum absolute atomic E-state index is 6.08.